The molecule has 0 atom stereocenters. The highest BCUT2D eigenvalue weighted by Gasteiger charge is 2.22. The Kier molecular flexibility index (Phi) is 3.76. The van der Waals surface area contributed by atoms with Crippen molar-refractivity contribution in [1.29, 1.82) is 0 Å². The summed E-state index contributed by atoms with van der Waals surface area (Å²) in [6.45, 7) is 1.96. The molecule has 9 heteroatoms. The van der Waals surface area contributed by atoms with E-state index in [0.717, 1.165) is 27.6 Å². The lowest BCUT2D eigenvalue weighted by molar-refractivity contribution is 0.356. The lowest BCUT2D eigenvalue weighted by atomic mass is 10.2. The molecular weight excluding hydrogens is 376 g/mol. The van der Waals surface area contributed by atoms with Crippen molar-refractivity contribution >= 4 is 21.9 Å². The quantitative estimate of drug-likeness (QED) is 0.466. The second-order valence-electron chi connectivity index (χ2n) is 6.14. The van der Waals surface area contributed by atoms with E-state index in [1.807, 2.05) is 53.9 Å². The number of ether oxygens (including phenoxy) is 2. The molecule has 1 aromatic carbocycles. The van der Waals surface area contributed by atoms with Gasteiger partial charge in [0.2, 0.25) is 10.8 Å². The Labute approximate surface area is 164 Å². The van der Waals surface area contributed by atoms with Gasteiger partial charge in [-0.25, -0.2) is 4.98 Å². The Morgan fingerprint density at radius 1 is 1.00 bits per heavy atom. The molecule has 0 amide bonds. The predicted molar refractivity (Wildman–Crippen MR) is 106 cm³/mol. The Balaban J connectivity index is 1.72. The van der Waals surface area contributed by atoms with Crippen molar-refractivity contribution in [3.05, 3.63) is 48.3 Å². The molecule has 0 aliphatic carbocycles. The van der Waals surface area contributed by atoms with E-state index >= 15 is 0 Å². The first kappa shape index (κ1) is 16.7. The van der Waals surface area contributed by atoms with Crippen LogP contribution in [0.15, 0.2) is 42.6 Å². The highest BCUT2D eigenvalue weighted by atomic mass is 32.1. The third-order valence-electron chi connectivity index (χ3n) is 4.54. The minimum Gasteiger partial charge on any atom is -0.493 e. The van der Waals surface area contributed by atoms with E-state index in [1.54, 1.807) is 18.7 Å². The molecule has 0 aliphatic rings. The van der Waals surface area contributed by atoms with Crippen molar-refractivity contribution in [1.82, 2.24) is 29.2 Å². The summed E-state index contributed by atoms with van der Waals surface area (Å²) in [4.78, 5) is 5.31. The minimum atomic E-state index is 0.641. The summed E-state index contributed by atoms with van der Waals surface area (Å²) < 4.78 is 14.7. The number of imidazole rings is 1. The van der Waals surface area contributed by atoms with Gasteiger partial charge in [0.25, 0.3) is 0 Å². The first-order chi connectivity index (χ1) is 13.7. The van der Waals surface area contributed by atoms with Crippen LogP contribution >= 0.6 is 11.3 Å². The second-order valence-corrected chi connectivity index (χ2v) is 7.10. The van der Waals surface area contributed by atoms with E-state index in [4.69, 9.17) is 14.6 Å². The molecule has 8 nitrogen and oxygen atoms in total. The zero-order chi connectivity index (χ0) is 19.3. The molecule has 0 saturated heterocycles. The molecule has 0 unspecified atom stereocenters. The highest BCUT2D eigenvalue weighted by molar-refractivity contribution is 7.19. The van der Waals surface area contributed by atoms with Gasteiger partial charge in [-0.2, -0.15) is 9.61 Å². The Morgan fingerprint density at radius 2 is 1.89 bits per heavy atom. The molecule has 0 spiro atoms. The van der Waals surface area contributed by atoms with Crippen LogP contribution in [0.4, 0.5) is 0 Å². The molecule has 0 fully saturated rings. The molecule has 4 heterocycles. The van der Waals surface area contributed by atoms with Crippen LogP contribution in [0.5, 0.6) is 11.5 Å². The third kappa shape index (κ3) is 2.36. The van der Waals surface area contributed by atoms with E-state index in [0.29, 0.717) is 22.3 Å². The SMILES string of the molecule is COc1cccc(-c2nn3c(-c4c(C)nc5ccccn45)nnc3s2)c1OC. The molecule has 0 N–H and O–H groups in total. The van der Waals surface area contributed by atoms with Crippen LogP contribution in [0.25, 0.3) is 32.7 Å². The van der Waals surface area contributed by atoms with Crippen LogP contribution in [-0.2, 0) is 0 Å². The fourth-order valence-corrected chi connectivity index (χ4v) is 4.17. The molecule has 28 heavy (non-hydrogen) atoms. The molecule has 140 valence electrons. The molecule has 4 aromatic heterocycles. The maximum absolute atomic E-state index is 5.56. The van der Waals surface area contributed by atoms with Gasteiger partial charge in [0.05, 0.1) is 25.5 Å². The molecule has 0 bridgehead atoms. The normalized spacial score (nSPS) is 11.4. The highest BCUT2D eigenvalue weighted by Crippen LogP contribution is 2.39. The fraction of sp³-hybridized carbons (Fsp3) is 0.158. The standard InChI is InChI=1S/C19H16N6O2S/c1-11-15(24-10-5-4-9-14(24)20-11)17-21-22-19-25(17)23-18(28-19)12-7-6-8-13(26-2)16(12)27-3/h4-10H,1-3H3. The number of pyridine rings is 1. The lowest BCUT2D eigenvalue weighted by Gasteiger charge is -2.10. The van der Waals surface area contributed by atoms with Crippen LogP contribution in [0, 0.1) is 6.92 Å². The average Bonchev–Trinajstić information content (AvgIpc) is 3.39. The van der Waals surface area contributed by atoms with Crippen molar-refractivity contribution < 1.29 is 9.47 Å². The summed E-state index contributed by atoms with van der Waals surface area (Å²) in [5.41, 5.74) is 3.45. The van der Waals surface area contributed by atoms with E-state index < -0.39 is 0 Å². The number of para-hydroxylation sites is 1. The monoisotopic (exact) mass is 392 g/mol. The first-order valence-electron chi connectivity index (χ1n) is 8.59. The van der Waals surface area contributed by atoms with Gasteiger partial charge in [-0.15, -0.1) is 10.2 Å². The maximum atomic E-state index is 5.56. The number of fused-ring (bicyclic) bond motifs is 2. The van der Waals surface area contributed by atoms with Gasteiger partial charge in [-0.3, -0.25) is 4.40 Å². The Morgan fingerprint density at radius 3 is 2.71 bits per heavy atom. The number of rotatable bonds is 4. The number of nitrogens with zero attached hydrogens (tertiary/aromatic N) is 6. The molecule has 0 radical (unpaired) electrons. The third-order valence-corrected chi connectivity index (χ3v) is 5.47. The number of benzene rings is 1. The van der Waals surface area contributed by atoms with Crippen molar-refractivity contribution in [2.24, 2.45) is 0 Å². The fourth-order valence-electron chi connectivity index (χ4n) is 3.31. The second kappa shape index (κ2) is 6.31. The van der Waals surface area contributed by atoms with Crippen LogP contribution in [0.3, 0.4) is 0 Å². The summed E-state index contributed by atoms with van der Waals surface area (Å²) in [5.74, 6) is 1.95. The van der Waals surface area contributed by atoms with Crippen LogP contribution in [0.2, 0.25) is 0 Å². The summed E-state index contributed by atoms with van der Waals surface area (Å²) >= 11 is 1.44. The van der Waals surface area contributed by atoms with Crippen molar-refractivity contribution in [2.75, 3.05) is 14.2 Å². The van der Waals surface area contributed by atoms with Gasteiger partial charge >= 0.3 is 0 Å². The summed E-state index contributed by atoms with van der Waals surface area (Å²) in [6.07, 6.45) is 1.96. The predicted octanol–water partition coefficient (Wildman–Crippen LogP) is 3.49. The Bertz CT molecular complexity index is 1320. The number of hydrogen-bond donors (Lipinski definition) is 0. The zero-order valence-corrected chi connectivity index (χ0v) is 16.3. The summed E-state index contributed by atoms with van der Waals surface area (Å²) in [7, 11) is 3.24. The molecule has 0 aliphatic heterocycles. The van der Waals surface area contributed by atoms with Gasteiger partial charge < -0.3 is 9.47 Å². The van der Waals surface area contributed by atoms with Gasteiger partial charge in [-0.05, 0) is 31.2 Å². The van der Waals surface area contributed by atoms with Gasteiger partial charge in [0, 0.05) is 6.20 Å². The van der Waals surface area contributed by atoms with E-state index in [2.05, 4.69) is 15.2 Å². The molecule has 0 saturated carbocycles. The van der Waals surface area contributed by atoms with Gasteiger partial charge in [0.1, 0.15) is 11.3 Å². The largest absolute Gasteiger partial charge is 0.493 e. The van der Waals surface area contributed by atoms with Crippen LogP contribution in [-0.4, -0.2) is 43.4 Å². The smallest absolute Gasteiger partial charge is 0.235 e. The lowest BCUT2D eigenvalue weighted by Crippen LogP contribution is -1.97. The minimum absolute atomic E-state index is 0.641. The van der Waals surface area contributed by atoms with E-state index in [-0.39, 0.29) is 0 Å². The van der Waals surface area contributed by atoms with Crippen LogP contribution in [0.1, 0.15) is 5.69 Å². The first-order valence-corrected chi connectivity index (χ1v) is 9.40. The van der Waals surface area contributed by atoms with E-state index in [9.17, 15) is 0 Å². The van der Waals surface area contributed by atoms with Crippen molar-refractivity contribution in [2.45, 2.75) is 6.92 Å². The summed E-state index contributed by atoms with van der Waals surface area (Å²) in [5, 5.41) is 14.2. The molecule has 5 aromatic rings. The summed E-state index contributed by atoms with van der Waals surface area (Å²) in [6, 6.07) is 11.6. The van der Waals surface area contributed by atoms with Crippen molar-refractivity contribution in [3.8, 4) is 33.6 Å². The number of aryl methyl sites for hydroxylation is 1. The van der Waals surface area contributed by atoms with Gasteiger partial charge in [0.15, 0.2) is 16.5 Å². The molecular formula is C19H16N6O2S. The number of hydrogen-bond acceptors (Lipinski definition) is 7. The number of methoxy groups -OCH3 is 2. The zero-order valence-electron chi connectivity index (χ0n) is 15.4. The topological polar surface area (TPSA) is 78.8 Å². The van der Waals surface area contributed by atoms with Crippen LogP contribution < -0.4 is 9.47 Å². The number of aromatic nitrogens is 6. The average molecular weight is 392 g/mol. The van der Waals surface area contributed by atoms with Gasteiger partial charge in [-0.1, -0.05) is 23.5 Å². The Hall–Kier alpha value is -3.46. The molecule has 5 rings (SSSR count). The maximum Gasteiger partial charge on any atom is 0.235 e. The van der Waals surface area contributed by atoms with Crippen molar-refractivity contribution in [3.63, 3.8) is 0 Å². The van der Waals surface area contributed by atoms with E-state index in [1.165, 1.54) is 11.3 Å².